The minimum absolute atomic E-state index is 0.0309. The van der Waals surface area contributed by atoms with Crippen molar-refractivity contribution in [2.24, 2.45) is 5.73 Å². The molecule has 1 saturated carbocycles. The van der Waals surface area contributed by atoms with Crippen molar-refractivity contribution in [1.29, 1.82) is 0 Å². The van der Waals surface area contributed by atoms with Crippen molar-refractivity contribution in [3.63, 3.8) is 0 Å². The summed E-state index contributed by atoms with van der Waals surface area (Å²) in [6.45, 7) is -2.83. The number of carbonyl (C=O) groups excluding carboxylic acids is 2. The molecule has 0 saturated heterocycles. The van der Waals surface area contributed by atoms with Gasteiger partial charge >= 0.3 is 6.18 Å². The maximum atomic E-state index is 14.5. The first-order valence-electron chi connectivity index (χ1n) is 13.0. The molecule has 3 aromatic rings. The van der Waals surface area contributed by atoms with Crippen molar-refractivity contribution >= 4 is 11.8 Å². The summed E-state index contributed by atoms with van der Waals surface area (Å²) in [5.74, 6) is -4.41. The van der Waals surface area contributed by atoms with Gasteiger partial charge in [-0.05, 0) is 61.4 Å². The summed E-state index contributed by atoms with van der Waals surface area (Å²) in [6.07, 6.45) is -3.09. The third-order valence-corrected chi connectivity index (χ3v) is 7.25. The van der Waals surface area contributed by atoms with Gasteiger partial charge in [0.05, 0.1) is 18.9 Å². The largest absolute Gasteiger partial charge is 0.493 e. The maximum absolute atomic E-state index is 14.5. The first kappa shape index (κ1) is 29.1. The van der Waals surface area contributed by atoms with Crippen molar-refractivity contribution in [3.8, 4) is 28.5 Å². The normalized spacial score (nSPS) is 18.5. The van der Waals surface area contributed by atoms with E-state index in [0.29, 0.717) is 5.75 Å². The van der Waals surface area contributed by atoms with Crippen LogP contribution in [-0.4, -0.2) is 56.0 Å². The third kappa shape index (κ3) is 5.55. The van der Waals surface area contributed by atoms with Crippen LogP contribution in [0.5, 0.6) is 17.2 Å². The summed E-state index contributed by atoms with van der Waals surface area (Å²) < 4.78 is 87.8. The Morgan fingerprint density at radius 1 is 1.14 bits per heavy atom. The van der Waals surface area contributed by atoms with Gasteiger partial charge in [0.15, 0.2) is 11.5 Å². The molecule has 1 aliphatic carbocycles. The fourth-order valence-electron chi connectivity index (χ4n) is 4.65. The van der Waals surface area contributed by atoms with Crippen LogP contribution in [-0.2, 0) is 10.2 Å². The molecule has 13 heteroatoms. The Hall–Kier alpha value is -4.42. The van der Waals surface area contributed by atoms with Crippen molar-refractivity contribution in [2.45, 2.75) is 36.5 Å². The predicted octanol–water partition coefficient (Wildman–Crippen LogP) is 4.60. The minimum Gasteiger partial charge on any atom is -0.493 e. The number of hydrogen-bond acceptors (Lipinski definition) is 6. The number of halogens is 5. The van der Waals surface area contributed by atoms with Crippen LogP contribution in [0.1, 0.15) is 40.4 Å². The van der Waals surface area contributed by atoms with Crippen molar-refractivity contribution in [3.05, 3.63) is 71.2 Å². The standard InChI is InChI=1S/C29H26F5N3O5/c1-40-23-10-16(4-9-22(23)42-18-7-8-18)26(38)36-12-20(29(32,33)34)21-11-19-25(41-14-28(19,13-30)27(35)39)24(37-21)15-2-5-17(31)6-3-15/h2-6,9-11,18,20H,7-8,12-14H2,1H3,(H2,35,39)(H,36,38)/t20-,28+/m1/s1. The lowest BCUT2D eigenvalue weighted by Crippen LogP contribution is -2.44. The minimum atomic E-state index is -4.93. The molecular weight excluding hydrogens is 565 g/mol. The molecule has 0 spiro atoms. The molecule has 1 fully saturated rings. The summed E-state index contributed by atoms with van der Waals surface area (Å²) in [4.78, 5) is 29.4. The third-order valence-electron chi connectivity index (χ3n) is 7.25. The number of methoxy groups -OCH3 is 1. The monoisotopic (exact) mass is 591 g/mol. The zero-order chi connectivity index (χ0) is 30.2. The van der Waals surface area contributed by atoms with E-state index in [1.54, 1.807) is 0 Å². The number of pyridine rings is 1. The van der Waals surface area contributed by atoms with Gasteiger partial charge in [-0.2, -0.15) is 13.2 Å². The highest BCUT2D eigenvalue weighted by Gasteiger charge is 2.50. The van der Waals surface area contributed by atoms with E-state index in [4.69, 9.17) is 19.9 Å². The molecule has 222 valence electrons. The number of amides is 2. The number of nitrogens with one attached hydrogen (secondary N) is 1. The second-order valence-electron chi connectivity index (χ2n) is 10.1. The smallest absolute Gasteiger partial charge is 0.398 e. The van der Waals surface area contributed by atoms with E-state index in [2.05, 4.69) is 10.3 Å². The lowest BCUT2D eigenvalue weighted by Gasteiger charge is -2.24. The number of nitrogens with zero attached hydrogens (tertiary/aromatic N) is 1. The van der Waals surface area contributed by atoms with Gasteiger partial charge in [-0.15, -0.1) is 0 Å². The van der Waals surface area contributed by atoms with Gasteiger partial charge in [-0.25, -0.2) is 13.8 Å². The fraction of sp³-hybridized carbons (Fsp3) is 0.345. The second kappa shape index (κ2) is 11.1. The Balaban J connectivity index is 1.50. The molecule has 8 nitrogen and oxygen atoms in total. The number of rotatable bonds is 10. The average molecular weight is 592 g/mol. The quantitative estimate of drug-likeness (QED) is 0.334. The molecule has 3 N–H and O–H groups in total. The summed E-state index contributed by atoms with van der Waals surface area (Å²) in [5, 5.41) is 2.28. The molecule has 2 aromatic carbocycles. The van der Waals surface area contributed by atoms with Crippen LogP contribution in [0.25, 0.3) is 11.3 Å². The molecule has 2 aliphatic rings. The van der Waals surface area contributed by atoms with Gasteiger partial charge in [0.25, 0.3) is 5.91 Å². The van der Waals surface area contributed by atoms with Crippen LogP contribution in [0.3, 0.4) is 0 Å². The van der Waals surface area contributed by atoms with Gasteiger partial charge in [-0.3, -0.25) is 9.59 Å². The topological polar surface area (TPSA) is 113 Å². The van der Waals surface area contributed by atoms with Gasteiger partial charge in [0.2, 0.25) is 5.91 Å². The van der Waals surface area contributed by atoms with Gasteiger partial charge in [0, 0.05) is 23.2 Å². The van der Waals surface area contributed by atoms with Gasteiger partial charge in [0.1, 0.15) is 41.9 Å². The number of fused-ring (bicyclic) bond motifs is 1. The molecule has 2 atom stereocenters. The average Bonchev–Trinajstić information content (AvgIpc) is 3.69. The Morgan fingerprint density at radius 2 is 1.86 bits per heavy atom. The number of alkyl halides is 4. The van der Waals surface area contributed by atoms with Crippen LogP contribution >= 0.6 is 0 Å². The molecule has 1 aromatic heterocycles. The second-order valence-corrected chi connectivity index (χ2v) is 10.1. The first-order chi connectivity index (χ1) is 20.0. The fourth-order valence-corrected chi connectivity index (χ4v) is 4.65. The Labute approximate surface area is 237 Å². The summed E-state index contributed by atoms with van der Waals surface area (Å²) in [5.41, 5.74) is 2.64. The summed E-state index contributed by atoms with van der Waals surface area (Å²) in [6, 6.07) is 9.85. The zero-order valence-corrected chi connectivity index (χ0v) is 22.3. The van der Waals surface area contributed by atoms with E-state index < -0.39 is 60.7 Å². The number of ether oxygens (including phenoxy) is 3. The first-order valence-corrected chi connectivity index (χ1v) is 13.0. The summed E-state index contributed by atoms with van der Waals surface area (Å²) >= 11 is 0. The molecule has 1 aliphatic heterocycles. The Kier molecular flexibility index (Phi) is 7.69. The maximum Gasteiger partial charge on any atom is 0.398 e. The number of aromatic nitrogens is 1. The number of primary amides is 1. The molecule has 42 heavy (non-hydrogen) atoms. The molecule has 5 rings (SSSR count). The zero-order valence-electron chi connectivity index (χ0n) is 22.3. The number of nitrogens with two attached hydrogens (primary N) is 1. The predicted molar refractivity (Wildman–Crippen MR) is 140 cm³/mol. The van der Waals surface area contributed by atoms with Gasteiger partial charge < -0.3 is 25.3 Å². The van der Waals surface area contributed by atoms with Crippen LogP contribution in [0.4, 0.5) is 22.0 Å². The van der Waals surface area contributed by atoms with Crippen molar-refractivity contribution in [2.75, 3.05) is 26.9 Å². The van der Waals surface area contributed by atoms with Crippen molar-refractivity contribution in [1.82, 2.24) is 10.3 Å². The lowest BCUT2D eigenvalue weighted by atomic mass is 9.81. The molecule has 0 bridgehead atoms. The van der Waals surface area contributed by atoms with E-state index in [9.17, 15) is 31.5 Å². The number of hydrogen-bond donors (Lipinski definition) is 2. The van der Waals surface area contributed by atoms with E-state index in [1.165, 1.54) is 37.4 Å². The highest BCUT2D eigenvalue weighted by atomic mass is 19.4. The van der Waals surface area contributed by atoms with Crippen LogP contribution < -0.4 is 25.3 Å². The Morgan fingerprint density at radius 3 is 2.45 bits per heavy atom. The molecule has 2 heterocycles. The van der Waals surface area contributed by atoms with E-state index in [1.807, 2.05) is 0 Å². The molecule has 0 radical (unpaired) electrons. The van der Waals surface area contributed by atoms with E-state index in [-0.39, 0.29) is 40.0 Å². The number of carbonyl (C=O) groups is 2. The number of benzene rings is 2. The van der Waals surface area contributed by atoms with Crippen LogP contribution in [0.2, 0.25) is 0 Å². The lowest BCUT2D eigenvalue weighted by molar-refractivity contribution is -0.149. The van der Waals surface area contributed by atoms with Crippen molar-refractivity contribution < 1.29 is 45.8 Å². The molecule has 0 unspecified atom stereocenters. The van der Waals surface area contributed by atoms with Gasteiger partial charge in [-0.1, -0.05) is 0 Å². The van der Waals surface area contributed by atoms with E-state index >= 15 is 0 Å². The van der Waals surface area contributed by atoms with Crippen LogP contribution in [0.15, 0.2) is 48.5 Å². The van der Waals surface area contributed by atoms with E-state index in [0.717, 1.165) is 31.0 Å². The summed E-state index contributed by atoms with van der Waals surface area (Å²) in [7, 11) is 1.38. The highest BCUT2D eigenvalue weighted by molar-refractivity contribution is 5.95. The van der Waals surface area contributed by atoms with Crippen LogP contribution in [0, 0.1) is 5.82 Å². The highest BCUT2D eigenvalue weighted by Crippen LogP contribution is 2.47. The molecular formula is C29H26F5N3O5. The molecule has 2 amide bonds. The SMILES string of the molecule is COc1cc(C(=O)NC[C@H](c2cc3c(c(-c4ccc(F)cc4)n2)OC[C@]3(CF)C(N)=O)C(F)(F)F)ccc1OC1CC1. The Bertz CT molecular complexity index is 1510.